The fraction of sp³-hybridized carbons (Fsp3) is 0.438. The van der Waals surface area contributed by atoms with E-state index in [1.165, 1.54) is 7.11 Å². The fourth-order valence-corrected chi connectivity index (χ4v) is 3.06. The zero-order chi connectivity index (χ0) is 20.0. The Morgan fingerprint density at radius 3 is 2.52 bits per heavy atom. The lowest BCUT2D eigenvalue weighted by Gasteiger charge is -2.38. The maximum absolute atomic E-state index is 13.3. The van der Waals surface area contributed by atoms with Crippen LogP contribution in [0, 0.1) is 0 Å². The summed E-state index contributed by atoms with van der Waals surface area (Å²) in [6.07, 6.45) is -9.44. The average molecular weight is 396 g/mol. The highest BCUT2D eigenvalue weighted by Gasteiger charge is 2.39. The topological polar surface area (TPSA) is 54.6 Å². The van der Waals surface area contributed by atoms with Crippen LogP contribution >= 0.6 is 0 Å². The van der Waals surface area contributed by atoms with Crippen molar-refractivity contribution < 1.29 is 35.8 Å². The van der Waals surface area contributed by atoms with Gasteiger partial charge in [0.15, 0.2) is 0 Å². The molecule has 148 valence electrons. The number of hydrogen-bond donors (Lipinski definition) is 1. The Morgan fingerprint density at radius 1 is 1.22 bits per heavy atom. The summed E-state index contributed by atoms with van der Waals surface area (Å²) in [7, 11) is 1.30. The maximum Gasteiger partial charge on any atom is 0.417 e. The highest BCUT2D eigenvalue weighted by Crippen LogP contribution is 2.41. The van der Waals surface area contributed by atoms with E-state index in [9.17, 15) is 31.1 Å². The summed E-state index contributed by atoms with van der Waals surface area (Å²) >= 11 is 0. The average Bonchev–Trinajstić information content (AvgIpc) is 2.53. The number of fused-ring (bicyclic) bond motifs is 2. The number of nitrogens with one attached hydrogen (secondary N) is 1. The second kappa shape index (κ2) is 6.63. The summed E-state index contributed by atoms with van der Waals surface area (Å²) < 4.78 is 89.3. The molecular formula is C16H14F6N2O3. The van der Waals surface area contributed by atoms with Gasteiger partial charge in [-0.1, -0.05) is 0 Å². The number of rotatable bonds is 3. The van der Waals surface area contributed by atoms with Crippen molar-refractivity contribution in [2.75, 3.05) is 31.8 Å². The molecule has 11 heteroatoms. The molecule has 1 atom stereocenters. The van der Waals surface area contributed by atoms with Crippen LogP contribution in [0.25, 0.3) is 10.9 Å². The van der Waals surface area contributed by atoms with E-state index in [0.29, 0.717) is 6.07 Å². The largest absolute Gasteiger partial charge is 0.489 e. The number of aromatic nitrogens is 1. The van der Waals surface area contributed by atoms with Crippen LogP contribution in [0.4, 0.5) is 32.0 Å². The predicted octanol–water partition coefficient (Wildman–Crippen LogP) is 3.32. The molecule has 1 N–H and O–H groups in total. The number of H-pyrrole nitrogens is 1. The second-order valence-corrected chi connectivity index (χ2v) is 6.07. The number of benzene rings is 1. The van der Waals surface area contributed by atoms with Crippen LogP contribution in [-0.2, 0) is 10.9 Å². The molecule has 1 aliphatic heterocycles. The van der Waals surface area contributed by atoms with Crippen molar-refractivity contribution in [3.8, 4) is 5.75 Å². The first kappa shape index (κ1) is 19.3. The van der Waals surface area contributed by atoms with Crippen molar-refractivity contribution in [3.63, 3.8) is 0 Å². The number of halogens is 6. The molecule has 2 heterocycles. The normalized spacial score (nSPS) is 17.7. The van der Waals surface area contributed by atoms with Gasteiger partial charge in [0, 0.05) is 24.6 Å². The Hall–Kier alpha value is -2.43. The molecule has 1 aromatic heterocycles. The number of hydrogen-bond acceptors (Lipinski definition) is 4. The van der Waals surface area contributed by atoms with Gasteiger partial charge in [0.05, 0.1) is 29.4 Å². The van der Waals surface area contributed by atoms with Gasteiger partial charge >= 0.3 is 12.4 Å². The van der Waals surface area contributed by atoms with Gasteiger partial charge in [-0.2, -0.15) is 26.3 Å². The molecule has 1 aliphatic rings. The van der Waals surface area contributed by atoms with E-state index in [4.69, 9.17) is 9.47 Å². The second-order valence-electron chi connectivity index (χ2n) is 6.07. The summed E-state index contributed by atoms with van der Waals surface area (Å²) in [4.78, 5) is 14.7. The molecule has 0 saturated carbocycles. The van der Waals surface area contributed by atoms with Gasteiger partial charge in [0.25, 0.3) is 0 Å². The van der Waals surface area contributed by atoms with Crippen LogP contribution in [0.1, 0.15) is 5.56 Å². The molecule has 0 bridgehead atoms. The van der Waals surface area contributed by atoms with E-state index in [1.807, 2.05) is 0 Å². The van der Waals surface area contributed by atoms with Crippen LogP contribution in [-0.4, -0.2) is 44.1 Å². The summed E-state index contributed by atoms with van der Waals surface area (Å²) in [5, 5.41) is -0.422. The van der Waals surface area contributed by atoms with Crippen molar-refractivity contribution >= 4 is 16.6 Å². The smallest absolute Gasteiger partial charge is 0.417 e. The zero-order valence-corrected chi connectivity index (χ0v) is 13.9. The first-order valence-corrected chi connectivity index (χ1v) is 7.73. The van der Waals surface area contributed by atoms with Gasteiger partial charge in [0.1, 0.15) is 18.9 Å². The Balaban J connectivity index is 2.22. The Kier molecular flexibility index (Phi) is 4.74. The molecule has 0 unspecified atom stereocenters. The molecule has 0 radical (unpaired) electrons. The van der Waals surface area contributed by atoms with E-state index >= 15 is 0 Å². The van der Waals surface area contributed by atoms with Crippen LogP contribution in [0.2, 0.25) is 0 Å². The van der Waals surface area contributed by atoms with Crippen LogP contribution in [0.5, 0.6) is 5.75 Å². The van der Waals surface area contributed by atoms with Crippen molar-refractivity contribution in [3.05, 3.63) is 34.1 Å². The summed E-state index contributed by atoms with van der Waals surface area (Å²) in [5.41, 5.74) is -2.53. The minimum atomic E-state index is -4.85. The molecule has 27 heavy (non-hydrogen) atoms. The Bertz CT molecular complexity index is 906. The molecule has 3 rings (SSSR count). The van der Waals surface area contributed by atoms with E-state index in [1.54, 1.807) is 0 Å². The Morgan fingerprint density at radius 2 is 1.93 bits per heavy atom. The molecule has 0 aliphatic carbocycles. The van der Waals surface area contributed by atoms with E-state index in [-0.39, 0.29) is 30.2 Å². The Labute approximate surface area is 148 Å². The summed E-state index contributed by atoms with van der Waals surface area (Å²) in [6.45, 7) is -1.63. The van der Waals surface area contributed by atoms with Crippen LogP contribution < -0.4 is 15.2 Å². The molecule has 5 nitrogen and oxygen atoms in total. The molecule has 1 aromatic carbocycles. The SMILES string of the molecule is COC[C@@H]1COc2cc3[nH]c(=O)cc(C(F)(F)F)c3cc2N1CC(F)(F)F. The summed E-state index contributed by atoms with van der Waals surface area (Å²) in [5.74, 6) is -0.0472. The van der Waals surface area contributed by atoms with Crippen molar-refractivity contribution in [2.24, 2.45) is 0 Å². The predicted molar refractivity (Wildman–Crippen MR) is 84.1 cm³/mol. The molecular weight excluding hydrogens is 382 g/mol. The first-order chi connectivity index (χ1) is 12.5. The monoisotopic (exact) mass is 396 g/mol. The summed E-state index contributed by atoms with van der Waals surface area (Å²) in [6, 6.07) is 1.60. The third-order valence-corrected chi connectivity index (χ3v) is 4.12. The number of methoxy groups -OCH3 is 1. The molecule has 0 fully saturated rings. The fourth-order valence-electron chi connectivity index (χ4n) is 3.06. The third-order valence-electron chi connectivity index (χ3n) is 4.12. The van der Waals surface area contributed by atoms with Gasteiger partial charge in [0.2, 0.25) is 5.56 Å². The highest BCUT2D eigenvalue weighted by molar-refractivity contribution is 5.89. The van der Waals surface area contributed by atoms with Gasteiger partial charge < -0.3 is 19.4 Å². The lowest BCUT2D eigenvalue weighted by molar-refractivity contribution is -0.136. The number of pyridine rings is 1. The first-order valence-electron chi connectivity index (χ1n) is 7.73. The third kappa shape index (κ3) is 3.97. The van der Waals surface area contributed by atoms with Gasteiger partial charge in [-0.05, 0) is 6.07 Å². The zero-order valence-electron chi connectivity index (χ0n) is 13.9. The van der Waals surface area contributed by atoms with E-state index in [0.717, 1.165) is 17.0 Å². The number of nitrogens with zero attached hydrogens (tertiary/aromatic N) is 1. The molecule has 2 aromatic rings. The highest BCUT2D eigenvalue weighted by atomic mass is 19.4. The van der Waals surface area contributed by atoms with Crippen LogP contribution in [0.15, 0.2) is 23.0 Å². The lowest BCUT2D eigenvalue weighted by atomic mass is 10.0. The number of anilines is 1. The number of alkyl halides is 6. The molecule has 0 saturated heterocycles. The minimum Gasteiger partial charge on any atom is -0.489 e. The van der Waals surface area contributed by atoms with Crippen molar-refractivity contribution in [1.29, 1.82) is 0 Å². The standard InChI is InChI=1S/C16H14F6N2O3/c1-26-5-8-6-27-13-4-11-9(2-12(13)24(8)7-15(17,18)19)10(16(20,21)22)3-14(25)23-11/h2-4,8H,5-7H2,1H3,(H,23,25)/t8-/m1/s1. The van der Waals surface area contributed by atoms with E-state index in [2.05, 4.69) is 4.98 Å². The number of aromatic amines is 1. The maximum atomic E-state index is 13.3. The van der Waals surface area contributed by atoms with Gasteiger partial charge in [-0.3, -0.25) is 4.79 Å². The van der Waals surface area contributed by atoms with Crippen molar-refractivity contribution in [1.82, 2.24) is 4.98 Å². The molecule has 0 amide bonds. The van der Waals surface area contributed by atoms with Crippen LogP contribution in [0.3, 0.4) is 0 Å². The number of ether oxygens (including phenoxy) is 2. The molecule has 0 spiro atoms. The quantitative estimate of drug-likeness (QED) is 0.809. The van der Waals surface area contributed by atoms with Crippen molar-refractivity contribution in [2.45, 2.75) is 18.4 Å². The lowest BCUT2D eigenvalue weighted by Crippen LogP contribution is -2.49. The van der Waals surface area contributed by atoms with Gasteiger partial charge in [-0.15, -0.1) is 0 Å². The van der Waals surface area contributed by atoms with Gasteiger partial charge in [-0.25, -0.2) is 0 Å². The van der Waals surface area contributed by atoms with E-state index < -0.39 is 41.4 Å². The minimum absolute atomic E-state index is 0.0472.